The van der Waals surface area contributed by atoms with Crippen LogP contribution in [0.4, 0.5) is 4.79 Å². The van der Waals surface area contributed by atoms with Crippen LogP contribution in [0.2, 0.25) is 0 Å². The predicted octanol–water partition coefficient (Wildman–Crippen LogP) is 2.61. The molecule has 1 N–H and O–H groups in total. The summed E-state index contributed by atoms with van der Waals surface area (Å²) in [6.07, 6.45) is 2.86. The fourth-order valence-electron chi connectivity index (χ4n) is 1.46. The maximum absolute atomic E-state index is 11.9. The van der Waals surface area contributed by atoms with Crippen molar-refractivity contribution < 1.29 is 14.6 Å². The lowest BCUT2D eigenvalue weighted by atomic mass is 10.1. The molecule has 1 aliphatic heterocycles. The van der Waals surface area contributed by atoms with Crippen LogP contribution in [0.5, 0.6) is 0 Å². The molecule has 0 saturated heterocycles. The molecule has 0 spiro atoms. The molecule has 4 nitrogen and oxygen atoms in total. The number of carbonyl (C=O) groups excluding carboxylic acids is 1. The zero-order valence-electron chi connectivity index (χ0n) is 9.86. The van der Waals surface area contributed by atoms with E-state index in [1.54, 1.807) is 6.20 Å². The minimum Gasteiger partial charge on any atom is -0.443 e. The summed E-state index contributed by atoms with van der Waals surface area (Å²) >= 11 is 3.36. The summed E-state index contributed by atoms with van der Waals surface area (Å²) in [7, 11) is 0. The Kier molecular flexibility index (Phi) is 4.38. The first-order valence-corrected chi connectivity index (χ1v) is 6.11. The molecule has 0 bridgehead atoms. The molecule has 0 aromatic carbocycles. The molecule has 92 valence electrons. The topological polar surface area (TPSA) is 49.8 Å². The number of hydrogen-bond acceptors (Lipinski definition) is 3. The van der Waals surface area contributed by atoms with Gasteiger partial charge in [-0.05, 0) is 33.6 Å². The summed E-state index contributed by atoms with van der Waals surface area (Å²) in [6.45, 7) is 5.42. The van der Waals surface area contributed by atoms with Gasteiger partial charge in [0.2, 0.25) is 0 Å². The van der Waals surface area contributed by atoms with E-state index in [1.807, 2.05) is 20.8 Å². The highest BCUT2D eigenvalue weighted by Crippen LogP contribution is 2.25. The van der Waals surface area contributed by atoms with Gasteiger partial charge in [-0.25, -0.2) is 4.79 Å². The second-order valence-electron chi connectivity index (χ2n) is 4.84. The average molecular weight is 292 g/mol. The number of aliphatic hydroxyl groups is 1. The normalized spacial score (nSPS) is 21.7. The van der Waals surface area contributed by atoms with Gasteiger partial charge in [-0.15, -0.1) is 0 Å². The van der Waals surface area contributed by atoms with Crippen molar-refractivity contribution in [3.63, 3.8) is 0 Å². The molecule has 0 aliphatic carbocycles. The predicted molar refractivity (Wildman–Crippen MR) is 65.2 cm³/mol. The largest absolute Gasteiger partial charge is 0.443 e. The van der Waals surface area contributed by atoms with Gasteiger partial charge in [-0.1, -0.05) is 15.9 Å². The Bertz CT molecular complexity index is 296. The van der Waals surface area contributed by atoms with Gasteiger partial charge in [-0.3, -0.25) is 4.90 Å². The zero-order chi connectivity index (χ0) is 12.3. The first-order valence-electron chi connectivity index (χ1n) is 5.32. The van der Waals surface area contributed by atoms with Crippen molar-refractivity contribution in [3.8, 4) is 0 Å². The lowest BCUT2D eigenvalue weighted by Crippen LogP contribution is -2.43. The Morgan fingerprint density at radius 1 is 1.69 bits per heavy atom. The number of amides is 1. The zero-order valence-corrected chi connectivity index (χ0v) is 11.5. The summed E-state index contributed by atoms with van der Waals surface area (Å²) < 4.78 is 6.22. The number of allylic oxidation sites excluding steroid dienone is 1. The standard InChI is InChI=1S/C11H18BrNO3/c1-11(2,3)16-10(15)13-6-8(12)4-5-9(13)7-14/h6,9,14H,4-5,7H2,1-3H3. The molecular weight excluding hydrogens is 274 g/mol. The second kappa shape index (κ2) is 5.19. The van der Waals surface area contributed by atoms with Gasteiger partial charge in [0.1, 0.15) is 5.60 Å². The number of nitrogens with zero attached hydrogens (tertiary/aromatic N) is 1. The smallest absolute Gasteiger partial charge is 0.414 e. The van der Waals surface area contributed by atoms with Crippen LogP contribution in [0.25, 0.3) is 0 Å². The molecule has 1 rings (SSSR count). The second-order valence-corrected chi connectivity index (χ2v) is 5.86. The minimum atomic E-state index is -0.519. The fraction of sp³-hybridized carbons (Fsp3) is 0.727. The van der Waals surface area contributed by atoms with E-state index in [0.717, 1.165) is 17.3 Å². The van der Waals surface area contributed by atoms with E-state index in [9.17, 15) is 9.90 Å². The highest BCUT2D eigenvalue weighted by Gasteiger charge is 2.29. The number of aliphatic hydroxyl groups excluding tert-OH is 1. The van der Waals surface area contributed by atoms with Crippen LogP contribution in [0.3, 0.4) is 0 Å². The highest BCUT2D eigenvalue weighted by atomic mass is 79.9. The molecule has 0 aromatic heterocycles. The quantitative estimate of drug-likeness (QED) is 0.808. The van der Waals surface area contributed by atoms with E-state index in [0.29, 0.717) is 0 Å². The molecule has 0 radical (unpaired) electrons. The van der Waals surface area contributed by atoms with Gasteiger partial charge in [0.25, 0.3) is 0 Å². The van der Waals surface area contributed by atoms with E-state index in [2.05, 4.69) is 15.9 Å². The van der Waals surface area contributed by atoms with Gasteiger partial charge >= 0.3 is 6.09 Å². The molecule has 16 heavy (non-hydrogen) atoms. The first kappa shape index (κ1) is 13.5. The van der Waals surface area contributed by atoms with Gasteiger partial charge in [-0.2, -0.15) is 0 Å². The van der Waals surface area contributed by atoms with Crippen molar-refractivity contribution in [1.82, 2.24) is 4.90 Å². The summed E-state index contributed by atoms with van der Waals surface area (Å²) in [5.41, 5.74) is -0.519. The van der Waals surface area contributed by atoms with Gasteiger partial charge in [0.15, 0.2) is 0 Å². The molecule has 1 atom stereocenters. The monoisotopic (exact) mass is 291 g/mol. The Labute approximate surface area is 104 Å². The van der Waals surface area contributed by atoms with E-state index >= 15 is 0 Å². The maximum Gasteiger partial charge on any atom is 0.414 e. The number of hydrogen-bond donors (Lipinski definition) is 1. The molecule has 0 fully saturated rings. The van der Waals surface area contributed by atoms with Crippen LogP contribution in [0.1, 0.15) is 33.6 Å². The minimum absolute atomic E-state index is 0.0456. The van der Waals surface area contributed by atoms with Crippen molar-refractivity contribution in [2.24, 2.45) is 0 Å². The molecule has 5 heteroatoms. The molecule has 0 aromatic rings. The Balaban J connectivity index is 2.75. The third-order valence-corrected chi connectivity index (χ3v) is 2.81. The summed E-state index contributed by atoms with van der Waals surface area (Å²) in [5, 5.41) is 9.20. The van der Waals surface area contributed by atoms with Crippen LogP contribution in [-0.4, -0.2) is 34.3 Å². The Morgan fingerprint density at radius 2 is 2.31 bits per heavy atom. The summed E-state index contributed by atoms with van der Waals surface area (Å²) in [5.74, 6) is 0. The van der Waals surface area contributed by atoms with Crippen LogP contribution >= 0.6 is 15.9 Å². The van der Waals surface area contributed by atoms with E-state index in [4.69, 9.17) is 4.74 Å². The lowest BCUT2D eigenvalue weighted by Gasteiger charge is -2.33. The fourth-order valence-corrected chi connectivity index (χ4v) is 1.91. The van der Waals surface area contributed by atoms with Crippen LogP contribution < -0.4 is 0 Å². The van der Waals surface area contributed by atoms with Crippen molar-refractivity contribution in [3.05, 3.63) is 10.7 Å². The Hall–Kier alpha value is -0.550. The van der Waals surface area contributed by atoms with Crippen LogP contribution in [0.15, 0.2) is 10.7 Å². The summed E-state index contributed by atoms with van der Waals surface area (Å²) in [4.78, 5) is 13.3. The van der Waals surface area contributed by atoms with Gasteiger partial charge < -0.3 is 9.84 Å². The van der Waals surface area contributed by atoms with Crippen molar-refractivity contribution in [1.29, 1.82) is 0 Å². The van der Waals surface area contributed by atoms with E-state index < -0.39 is 11.7 Å². The highest BCUT2D eigenvalue weighted by molar-refractivity contribution is 9.11. The van der Waals surface area contributed by atoms with Crippen molar-refractivity contribution in [2.75, 3.05) is 6.61 Å². The van der Waals surface area contributed by atoms with Gasteiger partial charge in [0, 0.05) is 10.7 Å². The molecule has 1 heterocycles. The van der Waals surface area contributed by atoms with Crippen molar-refractivity contribution >= 4 is 22.0 Å². The molecule has 1 unspecified atom stereocenters. The average Bonchev–Trinajstić information content (AvgIpc) is 2.15. The lowest BCUT2D eigenvalue weighted by molar-refractivity contribution is 0.0191. The SMILES string of the molecule is CC(C)(C)OC(=O)N1C=C(Br)CCC1CO. The molecular formula is C11H18BrNO3. The summed E-state index contributed by atoms with van der Waals surface area (Å²) in [6, 6.07) is -0.184. The number of ether oxygens (including phenoxy) is 1. The molecule has 1 amide bonds. The Morgan fingerprint density at radius 3 is 2.81 bits per heavy atom. The van der Waals surface area contributed by atoms with Crippen LogP contribution in [0, 0.1) is 0 Å². The van der Waals surface area contributed by atoms with E-state index in [-0.39, 0.29) is 12.6 Å². The first-order chi connectivity index (χ1) is 7.33. The maximum atomic E-state index is 11.9. The molecule has 1 aliphatic rings. The van der Waals surface area contributed by atoms with Gasteiger partial charge in [0.05, 0.1) is 12.6 Å². The third-order valence-electron chi connectivity index (χ3n) is 2.20. The van der Waals surface area contributed by atoms with Crippen molar-refractivity contribution in [2.45, 2.75) is 45.3 Å². The van der Waals surface area contributed by atoms with E-state index in [1.165, 1.54) is 4.90 Å². The number of rotatable bonds is 1. The number of carbonyl (C=O) groups is 1. The molecule has 0 saturated carbocycles. The van der Waals surface area contributed by atoms with Crippen LogP contribution in [-0.2, 0) is 4.74 Å². The third kappa shape index (κ3) is 3.79. The number of halogens is 1.